The van der Waals surface area contributed by atoms with E-state index in [0.717, 1.165) is 13.0 Å². The molecular weight excluding hydrogens is 499 g/mol. The number of hydrogen-bond donors (Lipinski definition) is 0. The van der Waals surface area contributed by atoms with Gasteiger partial charge in [0.2, 0.25) is 0 Å². The summed E-state index contributed by atoms with van der Waals surface area (Å²) in [6.45, 7) is 9.83. The maximum atomic E-state index is 13.9. The molecule has 0 N–H and O–H groups in total. The first-order valence-corrected chi connectivity index (χ1v) is 13.8. The normalized spacial score (nSPS) is 20.0. The van der Waals surface area contributed by atoms with E-state index in [4.69, 9.17) is 4.43 Å². The minimum atomic E-state index is -7.36. The largest absolute Gasteiger partial charge is 0.460 e. The molecule has 0 aromatic rings. The highest BCUT2D eigenvalue weighted by Gasteiger charge is 2.86. The van der Waals surface area contributed by atoms with Gasteiger partial charge in [-0.3, -0.25) is 0 Å². The average molecular weight is 523 g/mol. The van der Waals surface area contributed by atoms with Crippen LogP contribution < -0.4 is 0 Å². The number of halogens is 9. The predicted octanol–water partition coefficient (Wildman–Crippen LogP) is 6.24. The summed E-state index contributed by atoms with van der Waals surface area (Å²) < 4.78 is 151. The lowest BCUT2D eigenvalue weighted by Gasteiger charge is -2.39. The quantitative estimate of drug-likeness (QED) is 0.215. The van der Waals surface area contributed by atoms with Crippen molar-refractivity contribution in [1.29, 1.82) is 0 Å². The minimum Gasteiger partial charge on any atom is -0.412 e. The zero-order chi connectivity index (χ0) is 25.8. The van der Waals surface area contributed by atoms with E-state index in [9.17, 15) is 47.9 Å². The number of allylic oxidation sites excluding steroid dienone is 2. The molecule has 0 aromatic carbocycles. The van der Waals surface area contributed by atoms with Crippen LogP contribution in [0.15, 0.2) is 23.5 Å². The fraction of sp³-hybridized carbons (Fsp3) is 0.765. The maximum Gasteiger partial charge on any atom is 0.460 e. The van der Waals surface area contributed by atoms with Crippen LogP contribution in [0.2, 0.25) is 19.6 Å². The average Bonchev–Trinajstić information content (AvgIpc) is 2.52. The van der Waals surface area contributed by atoms with E-state index in [1.807, 2.05) is 19.6 Å². The van der Waals surface area contributed by atoms with Crippen LogP contribution in [0.4, 0.5) is 39.5 Å². The molecule has 0 radical (unpaired) electrons. The van der Waals surface area contributed by atoms with E-state index in [0.29, 0.717) is 0 Å². The zero-order valence-electron chi connectivity index (χ0n) is 17.9. The van der Waals surface area contributed by atoms with E-state index in [2.05, 4.69) is 4.18 Å². The molecule has 0 heterocycles. The van der Waals surface area contributed by atoms with Gasteiger partial charge in [0.1, 0.15) is 5.76 Å². The summed E-state index contributed by atoms with van der Waals surface area (Å²) >= 11 is 0. The van der Waals surface area contributed by atoms with Crippen molar-refractivity contribution in [3.05, 3.63) is 23.5 Å². The molecule has 0 spiro atoms. The van der Waals surface area contributed by atoms with Gasteiger partial charge < -0.3 is 8.61 Å². The van der Waals surface area contributed by atoms with Crippen LogP contribution in [0.5, 0.6) is 0 Å². The lowest BCUT2D eigenvalue weighted by molar-refractivity contribution is -0.382. The van der Waals surface area contributed by atoms with Crippen LogP contribution >= 0.6 is 0 Å². The van der Waals surface area contributed by atoms with Crippen molar-refractivity contribution in [2.45, 2.75) is 75.7 Å². The van der Waals surface area contributed by atoms with Crippen LogP contribution in [-0.4, -0.2) is 45.6 Å². The van der Waals surface area contributed by atoms with Crippen LogP contribution in [0.25, 0.3) is 0 Å². The Balaban J connectivity index is 3.38. The smallest absolute Gasteiger partial charge is 0.412 e. The van der Waals surface area contributed by atoms with Gasteiger partial charge in [0.25, 0.3) is 0 Å². The Morgan fingerprint density at radius 3 is 1.81 bits per heavy atom. The second kappa shape index (κ2) is 8.22. The second-order valence-corrected chi connectivity index (χ2v) is 14.8. The van der Waals surface area contributed by atoms with Gasteiger partial charge in [-0.05, 0) is 58.5 Å². The topological polar surface area (TPSA) is 52.6 Å². The fourth-order valence-corrected chi connectivity index (χ4v) is 5.62. The van der Waals surface area contributed by atoms with Gasteiger partial charge in [0.15, 0.2) is 8.32 Å². The highest BCUT2D eigenvalue weighted by molar-refractivity contribution is 7.88. The highest BCUT2D eigenvalue weighted by Crippen LogP contribution is 2.55. The summed E-state index contributed by atoms with van der Waals surface area (Å²) in [7, 11) is -9.18. The van der Waals surface area contributed by atoms with Crippen LogP contribution in [-0.2, 0) is 18.7 Å². The molecule has 15 heteroatoms. The van der Waals surface area contributed by atoms with E-state index in [1.54, 1.807) is 13.8 Å². The van der Waals surface area contributed by atoms with E-state index >= 15 is 0 Å². The first-order valence-electron chi connectivity index (χ1n) is 9.03. The van der Waals surface area contributed by atoms with Crippen molar-refractivity contribution in [3.8, 4) is 0 Å². The predicted molar refractivity (Wildman–Crippen MR) is 99.4 cm³/mol. The molecule has 4 nitrogen and oxygen atoms in total. The molecule has 1 rings (SSSR count). The third-order valence-electron chi connectivity index (χ3n) is 4.51. The van der Waals surface area contributed by atoms with Gasteiger partial charge in [-0.2, -0.15) is 47.9 Å². The molecule has 0 aliphatic heterocycles. The summed E-state index contributed by atoms with van der Waals surface area (Å²) in [4.78, 5) is 0. The van der Waals surface area contributed by atoms with Crippen molar-refractivity contribution in [2.75, 3.05) is 0 Å². The Labute approximate surface area is 180 Å². The monoisotopic (exact) mass is 522 g/mol. The number of hydrogen-bond acceptors (Lipinski definition) is 4. The highest BCUT2D eigenvalue weighted by atomic mass is 32.2. The Morgan fingerprint density at radius 2 is 1.41 bits per heavy atom. The van der Waals surface area contributed by atoms with Crippen molar-refractivity contribution >= 4 is 18.4 Å². The summed E-state index contributed by atoms with van der Waals surface area (Å²) in [5.41, 5.74) is -1.13. The maximum absolute atomic E-state index is 13.9. The van der Waals surface area contributed by atoms with Gasteiger partial charge in [0.05, 0.1) is 5.60 Å². The SMILES string of the molecule is CC1=CC[C@@H](C(C)(C)O[Si](C)(C)C)C=C1OS(=O)(=O)C(F)(F)C(F)(F)C(F)(F)C(F)(F)F. The summed E-state index contributed by atoms with van der Waals surface area (Å²) in [6.07, 6.45) is -4.66. The van der Waals surface area contributed by atoms with E-state index in [-0.39, 0.29) is 12.0 Å². The lowest BCUT2D eigenvalue weighted by atomic mass is 9.84. The molecule has 32 heavy (non-hydrogen) atoms. The summed E-state index contributed by atoms with van der Waals surface area (Å²) in [6, 6.07) is 0. The number of alkyl halides is 9. The molecule has 0 bridgehead atoms. The van der Waals surface area contributed by atoms with Crippen molar-refractivity contribution in [1.82, 2.24) is 0 Å². The Hall–Kier alpha value is -1.22. The standard InChI is InChI=1S/C17H23F9O4SSi/c1-10-7-8-11(13(2,3)30-32(4,5)6)9-12(10)29-31(27,28)17(25,26)15(20,21)14(18,19)16(22,23)24/h7,9,11H,8H2,1-6H3/t11-/m1/s1. The third kappa shape index (κ3) is 5.29. The van der Waals surface area contributed by atoms with Gasteiger partial charge in [0, 0.05) is 5.92 Å². The number of rotatable bonds is 8. The Kier molecular flexibility index (Phi) is 7.40. The molecule has 0 fully saturated rings. The van der Waals surface area contributed by atoms with Gasteiger partial charge in [-0.15, -0.1) is 0 Å². The van der Waals surface area contributed by atoms with Crippen LogP contribution in [0.3, 0.4) is 0 Å². The summed E-state index contributed by atoms with van der Waals surface area (Å²) in [5.74, 6) is -16.3. The van der Waals surface area contributed by atoms with Crippen molar-refractivity contribution < 1.29 is 56.5 Å². The first-order chi connectivity index (χ1) is 13.8. The molecule has 1 atom stereocenters. The summed E-state index contributed by atoms with van der Waals surface area (Å²) in [5, 5.41) is -6.92. The molecule has 0 aromatic heterocycles. The zero-order valence-corrected chi connectivity index (χ0v) is 19.7. The molecule has 0 saturated heterocycles. The fourth-order valence-electron chi connectivity index (χ4n) is 2.92. The van der Waals surface area contributed by atoms with Gasteiger partial charge in [-0.1, -0.05) is 6.08 Å². The minimum absolute atomic E-state index is 0.129. The van der Waals surface area contributed by atoms with E-state index < -0.39 is 59.0 Å². The Morgan fingerprint density at radius 1 is 0.938 bits per heavy atom. The molecular formula is C17H23F9O4SSi. The molecule has 1 aliphatic rings. The van der Waals surface area contributed by atoms with Gasteiger partial charge in [-0.25, -0.2) is 0 Å². The van der Waals surface area contributed by atoms with E-state index in [1.165, 1.54) is 6.08 Å². The molecule has 1 aliphatic carbocycles. The molecule has 188 valence electrons. The molecule has 0 unspecified atom stereocenters. The van der Waals surface area contributed by atoms with Crippen LogP contribution in [0.1, 0.15) is 27.2 Å². The lowest BCUT2D eigenvalue weighted by Crippen LogP contribution is -2.63. The first kappa shape index (κ1) is 28.8. The molecule has 0 amide bonds. The van der Waals surface area contributed by atoms with Crippen molar-refractivity contribution in [2.24, 2.45) is 5.92 Å². The Bertz CT molecular complexity index is 885. The van der Waals surface area contributed by atoms with Crippen molar-refractivity contribution in [3.63, 3.8) is 0 Å². The second-order valence-electron chi connectivity index (χ2n) is 8.78. The van der Waals surface area contributed by atoms with Gasteiger partial charge >= 0.3 is 33.4 Å². The molecule has 0 saturated carbocycles. The third-order valence-corrected chi connectivity index (χ3v) is 6.93. The van der Waals surface area contributed by atoms with Crippen LogP contribution in [0, 0.1) is 5.92 Å².